The molecule has 1 aromatic heterocycles. The zero-order valence-corrected chi connectivity index (χ0v) is 9.58. The Balaban J connectivity index is 2.82. The van der Waals surface area contributed by atoms with Gasteiger partial charge >= 0.3 is 0 Å². The van der Waals surface area contributed by atoms with Gasteiger partial charge in [-0.3, -0.25) is 0 Å². The maximum absolute atomic E-state index is 5.26. The first kappa shape index (κ1) is 9.45. The van der Waals surface area contributed by atoms with Crippen LogP contribution in [0.25, 0.3) is 11.0 Å². The minimum Gasteiger partial charge on any atom is -0.494 e. The summed E-state index contributed by atoms with van der Waals surface area (Å²) in [6.07, 6.45) is 0. The number of nitrogens with zero attached hydrogens (tertiary/aromatic N) is 3. The van der Waals surface area contributed by atoms with Crippen LogP contribution in [-0.2, 0) is 6.54 Å². The molecular weight excluding hydrogens is 246 g/mol. The van der Waals surface area contributed by atoms with Crippen molar-refractivity contribution in [2.75, 3.05) is 7.11 Å². The van der Waals surface area contributed by atoms with Crippen LogP contribution >= 0.6 is 15.9 Å². The third-order valence-electron chi connectivity index (χ3n) is 2.10. The van der Waals surface area contributed by atoms with Crippen molar-refractivity contribution in [2.24, 2.45) is 0 Å². The summed E-state index contributed by atoms with van der Waals surface area (Å²) < 4.78 is 8.02. The fourth-order valence-electron chi connectivity index (χ4n) is 1.41. The second-order valence-corrected chi connectivity index (χ2v) is 3.71. The van der Waals surface area contributed by atoms with Crippen LogP contribution < -0.4 is 4.74 Å². The van der Waals surface area contributed by atoms with E-state index in [1.807, 2.05) is 23.7 Å². The molecule has 0 aliphatic rings. The molecule has 0 aliphatic carbocycles. The van der Waals surface area contributed by atoms with Crippen LogP contribution in [-0.4, -0.2) is 22.1 Å². The molecular formula is C9H10BrN3O. The number of aryl methyl sites for hydroxylation is 1. The van der Waals surface area contributed by atoms with E-state index in [4.69, 9.17) is 4.74 Å². The van der Waals surface area contributed by atoms with E-state index in [2.05, 4.69) is 26.2 Å². The second kappa shape index (κ2) is 3.57. The highest BCUT2D eigenvalue weighted by Crippen LogP contribution is 2.29. The monoisotopic (exact) mass is 255 g/mol. The lowest BCUT2D eigenvalue weighted by Gasteiger charge is -2.04. The van der Waals surface area contributed by atoms with E-state index in [9.17, 15) is 0 Å². The van der Waals surface area contributed by atoms with Gasteiger partial charge in [-0.05, 0) is 35.0 Å². The van der Waals surface area contributed by atoms with Gasteiger partial charge in [0.15, 0.2) is 0 Å². The Morgan fingerprint density at radius 1 is 1.50 bits per heavy atom. The van der Waals surface area contributed by atoms with Gasteiger partial charge in [0.25, 0.3) is 0 Å². The molecule has 2 aromatic rings. The molecule has 2 rings (SSSR count). The Morgan fingerprint density at radius 2 is 2.29 bits per heavy atom. The van der Waals surface area contributed by atoms with E-state index in [1.54, 1.807) is 7.11 Å². The molecule has 0 atom stereocenters. The third-order valence-corrected chi connectivity index (χ3v) is 2.74. The molecule has 0 N–H and O–H groups in total. The van der Waals surface area contributed by atoms with Gasteiger partial charge in [-0.1, -0.05) is 5.21 Å². The SMILES string of the molecule is CCn1nnc2c(Br)ccc(OC)c21. The standard InChI is InChI=1S/C9H10BrN3O/c1-3-13-9-7(14-2)5-4-6(10)8(9)11-12-13/h4-5H,3H2,1-2H3. The zero-order valence-electron chi connectivity index (χ0n) is 7.99. The summed E-state index contributed by atoms with van der Waals surface area (Å²) in [4.78, 5) is 0. The van der Waals surface area contributed by atoms with E-state index in [-0.39, 0.29) is 0 Å². The topological polar surface area (TPSA) is 39.9 Å². The molecule has 0 unspecified atom stereocenters. The predicted octanol–water partition coefficient (Wildman–Crippen LogP) is 2.22. The summed E-state index contributed by atoms with van der Waals surface area (Å²) in [5.41, 5.74) is 1.77. The minimum atomic E-state index is 0.781. The van der Waals surface area contributed by atoms with Crippen LogP contribution in [0.15, 0.2) is 16.6 Å². The van der Waals surface area contributed by atoms with Crippen LogP contribution in [0.4, 0.5) is 0 Å². The van der Waals surface area contributed by atoms with Crippen LogP contribution in [0.5, 0.6) is 5.75 Å². The first-order valence-corrected chi connectivity index (χ1v) is 5.13. The molecule has 0 fully saturated rings. The predicted molar refractivity (Wildman–Crippen MR) is 57.5 cm³/mol. The van der Waals surface area contributed by atoms with Crippen LogP contribution in [0.3, 0.4) is 0 Å². The van der Waals surface area contributed by atoms with Crippen molar-refractivity contribution >= 4 is 27.0 Å². The molecule has 0 bridgehead atoms. The smallest absolute Gasteiger partial charge is 0.146 e. The molecule has 1 aromatic carbocycles. The average molecular weight is 256 g/mol. The number of fused-ring (bicyclic) bond motifs is 1. The van der Waals surface area contributed by atoms with E-state index < -0.39 is 0 Å². The minimum absolute atomic E-state index is 0.781. The Labute approximate surface area is 90.0 Å². The lowest BCUT2D eigenvalue weighted by Crippen LogP contribution is -1.97. The fourth-order valence-corrected chi connectivity index (χ4v) is 1.81. The van der Waals surface area contributed by atoms with Crippen LogP contribution in [0.1, 0.15) is 6.92 Å². The molecule has 14 heavy (non-hydrogen) atoms. The summed E-state index contributed by atoms with van der Waals surface area (Å²) in [6.45, 7) is 2.80. The molecule has 0 aliphatic heterocycles. The maximum atomic E-state index is 5.26. The van der Waals surface area contributed by atoms with E-state index in [0.717, 1.165) is 27.8 Å². The van der Waals surface area contributed by atoms with Crippen molar-refractivity contribution in [2.45, 2.75) is 13.5 Å². The molecule has 0 saturated heterocycles. The first-order valence-electron chi connectivity index (χ1n) is 4.33. The highest BCUT2D eigenvalue weighted by molar-refractivity contribution is 9.10. The number of benzene rings is 1. The Hall–Kier alpha value is -1.10. The van der Waals surface area contributed by atoms with Crippen molar-refractivity contribution in [3.8, 4) is 5.75 Å². The summed E-state index contributed by atoms with van der Waals surface area (Å²) >= 11 is 3.43. The van der Waals surface area contributed by atoms with Gasteiger partial charge in [0.1, 0.15) is 16.8 Å². The first-order chi connectivity index (χ1) is 6.77. The lowest BCUT2D eigenvalue weighted by molar-refractivity contribution is 0.416. The van der Waals surface area contributed by atoms with Crippen molar-refractivity contribution in [1.29, 1.82) is 0 Å². The van der Waals surface area contributed by atoms with Gasteiger partial charge in [0, 0.05) is 11.0 Å². The lowest BCUT2D eigenvalue weighted by atomic mass is 10.3. The van der Waals surface area contributed by atoms with Crippen molar-refractivity contribution in [3.05, 3.63) is 16.6 Å². The molecule has 0 saturated carbocycles. The van der Waals surface area contributed by atoms with E-state index in [1.165, 1.54) is 0 Å². The van der Waals surface area contributed by atoms with Gasteiger partial charge in [-0.2, -0.15) is 0 Å². The third kappa shape index (κ3) is 1.28. The largest absolute Gasteiger partial charge is 0.494 e. The average Bonchev–Trinajstić information content (AvgIpc) is 2.63. The van der Waals surface area contributed by atoms with Gasteiger partial charge in [0.05, 0.1) is 7.11 Å². The Bertz CT molecular complexity index is 466. The molecule has 0 amide bonds. The van der Waals surface area contributed by atoms with Crippen molar-refractivity contribution < 1.29 is 4.74 Å². The molecule has 0 spiro atoms. The maximum Gasteiger partial charge on any atom is 0.146 e. The van der Waals surface area contributed by atoms with E-state index in [0.29, 0.717) is 0 Å². The van der Waals surface area contributed by atoms with Crippen molar-refractivity contribution in [3.63, 3.8) is 0 Å². The quantitative estimate of drug-likeness (QED) is 0.827. The van der Waals surface area contributed by atoms with Crippen LogP contribution in [0.2, 0.25) is 0 Å². The van der Waals surface area contributed by atoms with Gasteiger partial charge in [-0.25, -0.2) is 4.68 Å². The zero-order chi connectivity index (χ0) is 10.1. The molecule has 1 heterocycles. The number of ether oxygens (including phenoxy) is 1. The molecule has 74 valence electrons. The van der Waals surface area contributed by atoms with Gasteiger partial charge < -0.3 is 4.74 Å². The van der Waals surface area contributed by atoms with Gasteiger partial charge in [-0.15, -0.1) is 5.10 Å². The van der Waals surface area contributed by atoms with Gasteiger partial charge in [0.2, 0.25) is 0 Å². The summed E-state index contributed by atoms with van der Waals surface area (Å²) in [5, 5.41) is 8.12. The highest BCUT2D eigenvalue weighted by atomic mass is 79.9. The summed E-state index contributed by atoms with van der Waals surface area (Å²) in [7, 11) is 1.65. The van der Waals surface area contributed by atoms with E-state index >= 15 is 0 Å². The molecule has 5 heteroatoms. The Morgan fingerprint density at radius 3 is 2.93 bits per heavy atom. The fraction of sp³-hybridized carbons (Fsp3) is 0.333. The highest BCUT2D eigenvalue weighted by Gasteiger charge is 2.11. The number of aromatic nitrogens is 3. The Kier molecular flexibility index (Phi) is 2.41. The number of halogens is 1. The number of hydrogen-bond acceptors (Lipinski definition) is 3. The number of methoxy groups -OCH3 is 1. The van der Waals surface area contributed by atoms with Crippen LogP contribution in [0, 0.1) is 0 Å². The normalized spacial score (nSPS) is 10.8. The summed E-state index contributed by atoms with van der Waals surface area (Å²) in [5.74, 6) is 0.801. The number of hydrogen-bond donors (Lipinski definition) is 0. The summed E-state index contributed by atoms with van der Waals surface area (Å²) in [6, 6.07) is 3.82. The number of rotatable bonds is 2. The molecule has 4 nitrogen and oxygen atoms in total. The molecule has 0 radical (unpaired) electrons. The van der Waals surface area contributed by atoms with Crippen molar-refractivity contribution in [1.82, 2.24) is 15.0 Å². The second-order valence-electron chi connectivity index (χ2n) is 2.85.